The number of aromatic nitrogens is 3. The van der Waals surface area contributed by atoms with Crippen LogP contribution in [0.15, 0.2) is 12.5 Å². The summed E-state index contributed by atoms with van der Waals surface area (Å²) in [7, 11) is 0. The Morgan fingerprint density at radius 1 is 1.52 bits per heavy atom. The number of aliphatic hydroxyl groups is 2. The van der Waals surface area contributed by atoms with Gasteiger partial charge in [0.25, 0.3) is 0 Å². The monoisotopic (exact) mass is 294 g/mol. The molecule has 112 valence electrons. The maximum atomic E-state index is 11.3. The van der Waals surface area contributed by atoms with Gasteiger partial charge in [0.05, 0.1) is 23.7 Å². The Hall–Kier alpha value is -2.23. The molecule has 2 aromatic heterocycles. The van der Waals surface area contributed by atoms with Crippen LogP contribution >= 0.6 is 0 Å². The number of aliphatic hydroxyl groups excluding tert-OH is 2. The standard InChI is InChI=1S/C12H14N4O5/c13-10-9-5(12(19)20)2-16(11(9)15-4-14-10)8-1-6(18)7(3-17)21-8/h2,4,6-8,17-18H,1,3H2,(H,19,20)(H2,13,14,15)/t6-,7+,8-/m0/s1. The van der Waals surface area contributed by atoms with Crippen LogP contribution in [0.25, 0.3) is 11.0 Å². The summed E-state index contributed by atoms with van der Waals surface area (Å²) in [6.45, 7) is -0.320. The van der Waals surface area contributed by atoms with Gasteiger partial charge in [-0.25, -0.2) is 14.8 Å². The molecule has 5 N–H and O–H groups in total. The molecular weight excluding hydrogens is 280 g/mol. The highest BCUT2D eigenvalue weighted by Gasteiger charge is 2.36. The largest absolute Gasteiger partial charge is 0.478 e. The van der Waals surface area contributed by atoms with Gasteiger partial charge in [-0.2, -0.15) is 0 Å². The number of rotatable bonds is 3. The van der Waals surface area contributed by atoms with Gasteiger partial charge in [0.2, 0.25) is 0 Å². The van der Waals surface area contributed by atoms with Crippen molar-refractivity contribution < 1.29 is 24.9 Å². The second kappa shape index (κ2) is 4.95. The predicted molar refractivity (Wildman–Crippen MR) is 70.5 cm³/mol. The molecule has 1 aliphatic rings. The molecule has 1 aliphatic heterocycles. The fourth-order valence-corrected chi connectivity index (χ4v) is 2.54. The molecule has 1 fully saturated rings. The molecule has 2 aromatic rings. The van der Waals surface area contributed by atoms with Crippen molar-refractivity contribution in [2.24, 2.45) is 0 Å². The summed E-state index contributed by atoms with van der Waals surface area (Å²) in [5.41, 5.74) is 6.01. The van der Waals surface area contributed by atoms with Crippen molar-refractivity contribution in [1.82, 2.24) is 14.5 Å². The van der Waals surface area contributed by atoms with Crippen LogP contribution in [0.1, 0.15) is 23.0 Å². The third-order valence-corrected chi connectivity index (χ3v) is 3.56. The number of carbonyl (C=O) groups is 1. The first-order valence-corrected chi connectivity index (χ1v) is 6.31. The first kappa shape index (κ1) is 13.7. The molecule has 0 bridgehead atoms. The lowest BCUT2D eigenvalue weighted by atomic mass is 10.2. The zero-order valence-electron chi connectivity index (χ0n) is 10.9. The Bertz CT molecular complexity index is 700. The smallest absolute Gasteiger partial charge is 0.338 e. The summed E-state index contributed by atoms with van der Waals surface area (Å²) in [6, 6.07) is 0. The zero-order chi connectivity index (χ0) is 15.1. The fourth-order valence-electron chi connectivity index (χ4n) is 2.54. The number of nitrogens with zero attached hydrogens (tertiary/aromatic N) is 3. The maximum absolute atomic E-state index is 11.3. The number of nitrogens with two attached hydrogens (primary N) is 1. The summed E-state index contributed by atoms with van der Waals surface area (Å²) in [5.74, 6) is -1.09. The molecule has 0 aromatic carbocycles. The Kier molecular flexibility index (Phi) is 3.24. The number of ether oxygens (including phenoxy) is 1. The van der Waals surface area contributed by atoms with Crippen LogP contribution in [-0.2, 0) is 4.74 Å². The molecule has 3 heterocycles. The van der Waals surface area contributed by atoms with Gasteiger partial charge in [-0.1, -0.05) is 0 Å². The molecule has 0 spiro atoms. The third-order valence-electron chi connectivity index (χ3n) is 3.56. The molecule has 0 saturated carbocycles. The van der Waals surface area contributed by atoms with E-state index in [2.05, 4.69) is 9.97 Å². The summed E-state index contributed by atoms with van der Waals surface area (Å²) in [5, 5.41) is 28.4. The lowest BCUT2D eigenvalue weighted by molar-refractivity contribution is -0.0430. The highest BCUT2D eigenvalue weighted by atomic mass is 16.5. The SMILES string of the molecule is Nc1ncnc2c1c(C(=O)O)cn2[C@@H]1C[C@H](O)[C@@H](CO)O1. The van der Waals surface area contributed by atoms with Gasteiger partial charge in [-0.15, -0.1) is 0 Å². The first-order chi connectivity index (χ1) is 10.0. The van der Waals surface area contributed by atoms with E-state index in [1.165, 1.54) is 17.1 Å². The van der Waals surface area contributed by atoms with Crippen LogP contribution in [0.4, 0.5) is 5.82 Å². The molecule has 0 radical (unpaired) electrons. The van der Waals surface area contributed by atoms with Gasteiger partial charge in [-0.05, 0) is 0 Å². The topological polar surface area (TPSA) is 144 Å². The fraction of sp³-hybridized carbons (Fsp3) is 0.417. The van der Waals surface area contributed by atoms with Crippen LogP contribution in [0.3, 0.4) is 0 Å². The van der Waals surface area contributed by atoms with E-state index in [1.54, 1.807) is 0 Å². The summed E-state index contributed by atoms with van der Waals surface area (Å²) >= 11 is 0. The van der Waals surface area contributed by atoms with Crippen LogP contribution in [0.5, 0.6) is 0 Å². The average molecular weight is 294 g/mol. The van der Waals surface area contributed by atoms with Crippen LogP contribution in [-0.4, -0.2) is 54.6 Å². The number of aromatic carboxylic acids is 1. The van der Waals surface area contributed by atoms with Crippen molar-refractivity contribution in [3.63, 3.8) is 0 Å². The molecule has 9 heteroatoms. The summed E-state index contributed by atoms with van der Waals surface area (Å²) < 4.78 is 7.01. The van der Waals surface area contributed by atoms with Crippen molar-refractivity contribution >= 4 is 22.8 Å². The predicted octanol–water partition coefficient (Wildman–Crippen LogP) is -0.648. The molecule has 9 nitrogen and oxygen atoms in total. The highest BCUT2D eigenvalue weighted by Crippen LogP contribution is 2.33. The Morgan fingerprint density at radius 2 is 2.29 bits per heavy atom. The minimum absolute atomic E-state index is 0.0337. The molecule has 0 aliphatic carbocycles. The van der Waals surface area contributed by atoms with E-state index in [0.717, 1.165) is 0 Å². The van der Waals surface area contributed by atoms with Gasteiger partial charge in [0.1, 0.15) is 30.1 Å². The number of anilines is 1. The molecule has 3 atom stereocenters. The lowest BCUT2D eigenvalue weighted by Crippen LogP contribution is -2.24. The van der Waals surface area contributed by atoms with E-state index in [1.807, 2.05) is 0 Å². The lowest BCUT2D eigenvalue weighted by Gasteiger charge is -2.14. The Labute approximate surface area is 118 Å². The Balaban J connectivity index is 2.12. The van der Waals surface area contributed by atoms with Gasteiger partial charge >= 0.3 is 5.97 Å². The van der Waals surface area contributed by atoms with Crippen molar-refractivity contribution in [2.45, 2.75) is 24.9 Å². The molecule has 1 saturated heterocycles. The molecule has 0 unspecified atom stereocenters. The maximum Gasteiger partial charge on any atom is 0.338 e. The van der Waals surface area contributed by atoms with Gasteiger partial charge in [0, 0.05) is 12.6 Å². The minimum atomic E-state index is -1.16. The van der Waals surface area contributed by atoms with E-state index in [-0.39, 0.29) is 29.8 Å². The number of nitrogen functional groups attached to an aromatic ring is 1. The van der Waals surface area contributed by atoms with E-state index >= 15 is 0 Å². The average Bonchev–Trinajstić information content (AvgIpc) is 3.00. The van der Waals surface area contributed by atoms with Gasteiger partial charge < -0.3 is 30.4 Å². The number of carboxylic acids is 1. The summed E-state index contributed by atoms with van der Waals surface area (Å²) in [6.07, 6.45) is 0.647. The molecule has 3 rings (SSSR count). The van der Waals surface area contributed by atoms with Crippen molar-refractivity contribution in [3.8, 4) is 0 Å². The van der Waals surface area contributed by atoms with Crippen LogP contribution in [0, 0.1) is 0 Å². The first-order valence-electron chi connectivity index (χ1n) is 6.31. The number of fused-ring (bicyclic) bond motifs is 1. The Morgan fingerprint density at radius 3 is 2.90 bits per heavy atom. The molecule has 0 amide bonds. The van der Waals surface area contributed by atoms with E-state index < -0.39 is 24.4 Å². The van der Waals surface area contributed by atoms with Crippen molar-refractivity contribution in [2.75, 3.05) is 12.3 Å². The van der Waals surface area contributed by atoms with Crippen LogP contribution < -0.4 is 5.73 Å². The van der Waals surface area contributed by atoms with Crippen LogP contribution in [0.2, 0.25) is 0 Å². The number of hydrogen-bond donors (Lipinski definition) is 4. The van der Waals surface area contributed by atoms with Crippen molar-refractivity contribution in [3.05, 3.63) is 18.1 Å². The zero-order valence-corrected chi connectivity index (χ0v) is 10.9. The molecule has 21 heavy (non-hydrogen) atoms. The quantitative estimate of drug-likeness (QED) is 0.584. The normalized spacial score (nSPS) is 25.5. The van der Waals surface area contributed by atoms with E-state index in [9.17, 15) is 15.0 Å². The van der Waals surface area contributed by atoms with Gasteiger partial charge in [-0.3, -0.25) is 0 Å². The number of carboxylic acid groups (broad SMARTS) is 1. The van der Waals surface area contributed by atoms with E-state index in [0.29, 0.717) is 5.65 Å². The second-order valence-corrected chi connectivity index (χ2v) is 4.83. The minimum Gasteiger partial charge on any atom is -0.478 e. The van der Waals surface area contributed by atoms with Gasteiger partial charge in [0.15, 0.2) is 0 Å². The molecular formula is C12H14N4O5. The highest BCUT2D eigenvalue weighted by molar-refractivity contribution is 6.06. The third kappa shape index (κ3) is 2.11. The summed E-state index contributed by atoms with van der Waals surface area (Å²) in [4.78, 5) is 19.2. The van der Waals surface area contributed by atoms with Crippen molar-refractivity contribution in [1.29, 1.82) is 0 Å². The second-order valence-electron chi connectivity index (χ2n) is 4.83. The van der Waals surface area contributed by atoms with E-state index in [4.69, 9.17) is 15.6 Å². The number of hydrogen-bond acceptors (Lipinski definition) is 7.